The number of aliphatic hydroxyl groups excluding tert-OH is 1. The maximum atomic E-state index is 13.2. The number of Topliss-reactive ketones (excluding diaryl/α,β-unsaturated/α-hetero) is 1. The Hall–Kier alpha value is -4.12. The molecule has 1 fully saturated rings. The van der Waals surface area contributed by atoms with E-state index in [0.29, 0.717) is 28.3 Å². The molecule has 1 amide bonds. The largest absolute Gasteiger partial charge is 0.507 e. The van der Waals surface area contributed by atoms with Gasteiger partial charge in [0.25, 0.3) is 11.5 Å². The van der Waals surface area contributed by atoms with Gasteiger partial charge in [-0.3, -0.25) is 24.6 Å². The fourth-order valence-corrected chi connectivity index (χ4v) is 4.95. The van der Waals surface area contributed by atoms with E-state index in [9.17, 15) is 24.8 Å². The van der Waals surface area contributed by atoms with Gasteiger partial charge < -0.3 is 9.84 Å². The molecule has 34 heavy (non-hydrogen) atoms. The Bertz CT molecular complexity index is 1380. The molecule has 2 atom stereocenters. The third-order valence-corrected chi connectivity index (χ3v) is 6.59. The molecule has 1 saturated heterocycles. The summed E-state index contributed by atoms with van der Waals surface area (Å²) >= 11 is 1.12. The molecule has 11 heteroatoms. The fourth-order valence-electron chi connectivity index (χ4n) is 4.23. The van der Waals surface area contributed by atoms with Crippen molar-refractivity contribution in [2.24, 2.45) is 0 Å². The molecule has 0 saturated carbocycles. The van der Waals surface area contributed by atoms with Crippen LogP contribution in [0.15, 0.2) is 48.0 Å². The van der Waals surface area contributed by atoms with E-state index in [4.69, 9.17) is 4.74 Å². The lowest BCUT2D eigenvalue weighted by molar-refractivity contribution is -0.384. The van der Waals surface area contributed by atoms with Gasteiger partial charge in [-0.25, -0.2) is 0 Å². The molecule has 172 valence electrons. The van der Waals surface area contributed by atoms with Crippen molar-refractivity contribution in [3.8, 4) is 5.75 Å². The topological polar surface area (TPSA) is 136 Å². The summed E-state index contributed by atoms with van der Waals surface area (Å²) in [7, 11) is 0. The van der Waals surface area contributed by atoms with Crippen LogP contribution in [0.25, 0.3) is 5.76 Å². The Labute approximate surface area is 197 Å². The van der Waals surface area contributed by atoms with Gasteiger partial charge >= 0.3 is 5.91 Å². The van der Waals surface area contributed by atoms with Crippen LogP contribution in [0, 0.1) is 17.0 Å². The van der Waals surface area contributed by atoms with Gasteiger partial charge in [-0.2, -0.15) is 0 Å². The van der Waals surface area contributed by atoms with Crippen LogP contribution in [0.3, 0.4) is 0 Å². The highest BCUT2D eigenvalue weighted by Gasteiger charge is 2.48. The highest BCUT2D eigenvalue weighted by atomic mass is 32.1. The second kappa shape index (κ2) is 8.03. The van der Waals surface area contributed by atoms with E-state index in [1.54, 1.807) is 25.1 Å². The maximum absolute atomic E-state index is 13.2. The molecule has 5 rings (SSSR count). The molecular formula is C23H18N4O6S. The number of nitro groups is 1. The summed E-state index contributed by atoms with van der Waals surface area (Å²) in [6.45, 7) is 3.65. The van der Waals surface area contributed by atoms with E-state index in [1.807, 2.05) is 6.92 Å². The van der Waals surface area contributed by atoms with Gasteiger partial charge in [-0.1, -0.05) is 11.3 Å². The number of aromatic nitrogens is 2. The number of anilines is 1. The van der Waals surface area contributed by atoms with Gasteiger partial charge in [0.05, 0.1) is 16.5 Å². The van der Waals surface area contributed by atoms with Gasteiger partial charge in [0.2, 0.25) is 5.13 Å². The monoisotopic (exact) mass is 478 g/mol. The number of nitro benzene ring substituents is 1. The maximum Gasteiger partial charge on any atom is 0.301 e. The van der Waals surface area contributed by atoms with Crippen LogP contribution in [0.2, 0.25) is 0 Å². The second-order valence-corrected chi connectivity index (χ2v) is 9.24. The van der Waals surface area contributed by atoms with Crippen molar-refractivity contribution in [1.29, 1.82) is 0 Å². The summed E-state index contributed by atoms with van der Waals surface area (Å²) in [4.78, 5) is 38.0. The molecule has 3 aromatic rings. The first-order chi connectivity index (χ1) is 16.2. The first kappa shape index (κ1) is 21.7. The van der Waals surface area contributed by atoms with Crippen molar-refractivity contribution >= 4 is 39.6 Å². The minimum atomic E-state index is -1.03. The summed E-state index contributed by atoms with van der Waals surface area (Å²) in [6.07, 6.45) is 0.652. The molecule has 10 nitrogen and oxygen atoms in total. The third kappa shape index (κ3) is 3.50. The average Bonchev–Trinajstić information content (AvgIpc) is 3.48. The zero-order valence-electron chi connectivity index (χ0n) is 18.1. The smallest absolute Gasteiger partial charge is 0.301 e. The Morgan fingerprint density at radius 3 is 2.59 bits per heavy atom. The highest BCUT2D eigenvalue weighted by molar-refractivity contribution is 7.15. The number of rotatable bonds is 4. The molecule has 0 unspecified atom stereocenters. The molecule has 2 aromatic carbocycles. The molecule has 2 aliphatic rings. The molecule has 3 heterocycles. The van der Waals surface area contributed by atoms with E-state index >= 15 is 0 Å². The molecule has 0 radical (unpaired) electrons. The predicted octanol–water partition coefficient (Wildman–Crippen LogP) is 3.70. The number of benzene rings is 2. The fraction of sp³-hybridized carbons (Fsp3) is 0.217. The number of fused-ring (bicyclic) bond motifs is 1. The van der Waals surface area contributed by atoms with E-state index in [1.165, 1.54) is 29.2 Å². The average molecular weight is 478 g/mol. The van der Waals surface area contributed by atoms with Crippen LogP contribution < -0.4 is 9.64 Å². The van der Waals surface area contributed by atoms with E-state index in [2.05, 4.69) is 10.2 Å². The molecule has 1 aromatic heterocycles. The first-order valence-electron chi connectivity index (χ1n) is 10.4. The number of amides is 1. The molecule has 2 aliphatic heterocycles. The van der Waals surface area contributed by atoms with Crippen molar-refractivity contribution in [3.05, 3.63) is 79.8 Å². The summed E-state index contributed by atoms with van der Waals surface area (Å²) in [6, 6.07) is 9.55. The minimum Gasteiger partial charge on any atom is -0.507 e. The SMILES string of the molecule is Cc1nnc(N2C(=O)C(=O)C(=C(O)c3ccc4c(c3)C[C@H](C)O4)[C@H]2c2ccc([N+](=O)[O-])cc2)s1. The normalized spacial score (nSPS) is 20.9. The molecule has 1 N–H and O–H groups in total. The number of non-ortho nitro benzene ring substituents is 1. The van der Waals surface area contributed by atoms with Gasteiger partial charge in [0.15, 0.2) is 0 Å². The number of carbonyl (C=O) groups excluding carboxylic acids is 2. The molecular weight excluding hydrogens is 460 g/mol. The van der Waals surface area contributed by atoms with Gasteiger partial charge in [-0.15, -0.1) is 10.2 Å². The van der Waals surface area contributed by atoms with Crippen LogP contribution in [-0.4, -0.2) is 38.0 Å². The number of ketones is 1. The van der Waals surface area contributed by atoms with Crippen LogP contribution in [0.5, 0.6) is 5.75 Å². The number of aryl methyl sites for hydroxylation is 1. The van der Waals surface area contributed by atoms with Crippen LogP contribution >= 0.6 is 11.3 Å². The lowest BCUT2D eigenvalue weighted by Gasteiger charge is -2.22. The number of hydrogen-bond acceptors (Lipinski definition) is 9. The first-order valence-corrected chi connectivity index (χ1v) is 11.2. The predicted molar refractivity (Wildman–Crippen MR) is 123 cm³/mol. The summed E-state index contributed by atoms with van der Waals surface area (Å²) < 4.78 is 5.71. The molecule has 0 aliphatic carbocycles. The number of carbonyl (C=O) groups is 2. The molecule has 0 spiro atoms. The summed E-state index contributed by atoms with van der Waals surface area (Å²) in [5.41, 5.74) is 1.41. The van der Waals surface area contributed by atoms with Crippen LogP contribution in [-0.2, 0) is 16.0 Å². The van der Waals surface area contributed by atoms with Crippen molar-refractivity contribution in [3.63, 3.8) is 0 Å². The second-order valence-electron chi connectivity index (χ2n) is 8.08. The number of ether oxygens (including phenoxy) is 1. The zero-order chi connectivity index (χ0) is 24.1. The standard InChI is InChI=1S/C23H18N4O6S/c1-11-9-15-10-14(5-8-17(15)33-11)20(28)18-19(13-3-6-16(7-4-13)27(31)32)26(22(30)21(18)29)23-25-24-12(2)34-23/h3-8,10-11,19,28H,9H2,1-2H3/t11-,19+/m0/s1. The molecule has 0 bridgehead atoms. The Kier molecular flexibility index (Phi) is 5.13. The third-order valence-electron chi connectivity index (χ3n) is 5.75. The number of aliphatic hydroxyl groups is 1. The van der Waals surface area contributed by atoms with Crippen molar-refractivity contribution in [2.45, 2.75) is 32.4 Å². The Morgan fingerprint density at radius 2 is 1.94 bits per heavy atom. The lowest BCUT2D eigenvalue weighted by atomic mass is 9.94. The number of hydrogen-bond donors (Lipinski definition) is 1. The minimum absolute atomic E-state index is 0.00118. The highest BCUT2D eigenvalue weighted by Crippen LogP contribution is 2.43. The van der Waals surface area contributed by atoms with Gasteiger partial charge in [0, 0.05) is 24.1 Å². The van der Waals surface area contributed by atoms with Crippen molar-refractivity contribution < 1.29 is 24.4 Å². The van der Waals surface area contributed by atoms with Gasteiger partial charge in [0.1, 0.15) is 22.6 Å². The van der Waals surface area contributed by atoms with Crippen molar-refractivity contribution in [1.82, 2.24) is 10.2 Å². The van der Waals surface area contributed by atoms with E-state index in [0.717, 1.165) is 16.9 Å². The van der Waals surface area contributed by atoms with Crippen molar-refractivity contribution in [2.75, 3.05) is 4.90 Å². The van der Waals surface area contributed by atoms with Crippen LogP contribution in [0.1, 0.15) is 34.7 Å². The zero-order valence-corrected chi connectivity index (χ0v) is 18.9. The Morgan fingerprint density at radius 1 is 1.21 bits per heavy atom. The van der Waals surface area contributed by atoms with Gasteiger partial charge in [-0.05, 0) is 55.3 Å². The quantitative estimate of drug-likeness (QED) is 0.197. The Balaban J connectivity index is 1.67. The lowest BCUT2D eigenvalue weighted by Crippen LogP contribution is -2.29. The summed E-state index contributed by atoms with van der Waals surface area (Å²) in [5, 5.41) is 31.1. The number of nitrogens with zero attached hydrogens (tertiary/aromatic N) is 4. The summed E-state index contributed by atoms with van der Waals surface area (Å²) in [5.74, 6) is -1.37. The van der Waals surface area contributed by atoms with E-state index < -0.39 is 22.7 Å². The van der Waals surface area contributed by atoms with E-state index in [-0.39, 0.29) is 28.3 Å². The van der Waals surface area contributed by atoms with Crippen LogP contribution in [0.4, 0.5) is 10.8 Å².